The van der Waals surface area contributed by atoms with Crippen molar-refractivity contribution in [2.45, 2.75) is 32.2 Å². The second kappa shape index (κ2) is 8.46. The van der Waals surface area contributed by atoms with Crippen molar-refractivity contribution in [2.24, 2.45) is 0 Å². The molecule has 1 saturated heterocycles. The average molecular weight is 413 g/mol. The van der Waals surface area contributed by atoms with Crippen LogP contribution in [0.5, 0.6) is 0 Å². The highest BCUT2D eigenvalue weighted by Crippen LogP contribution is 2.31. The van der Waals surface area contributed by atoms with E-state index in [9.17, 15) is 4.79 Å². The summed E-state index contributed by atoms with van der Waals surface area (Å²) in [5, 5.41) is 3.34. The molecule has 0 N–H and O–H groups in total. The molecule has 4 aromatic rings. The number of fused-ring (bicyclic) bond motifs is 3. The van der Waals surface area contributed by atoms with Gasteiger partial charge in [-0.1, -0.05) is 48.5 Å². The number of nitrogens with zero attached hydrogens (tertiary/aromatic N) is 2. The number of hydrogen-bond acceptors (Lipinski definition) is 3. The van der Waals surface area contributed by atoms with E-state index in [2.05, 4.69) is 47.4 Å². The number of benzene rings is 3. The van der Waals surface area contributed by atoms with Crippen molar-refractivity contribution >= 4 is 33.3 Å². The predicted octanol–water partition coefficient (Wildman–Crippen LogP) is 5.78. The Labute approximate surface area is 183 Å². The lowest BCUT2D eigenvalue weighted by atomic mass is 10.0. The zero-order valence-electron chi connectivity index (χ0n) is 18.0. The third-order valence-corrected chi connectivity index (χ3v) is 6.40. The third kappa shape index (κ3) is 3.90. The Hall–Kier alpha value is -3.27. The summed E-state index contributed by atoms with van der Waals surface area (Å²) in [6.07, 6.45) is 5.87. The van der Waals surface area contributed by atoms with Gasteiger partial charge in [0.15, 0.2) is 0 Å². The SMILES string of the molecule is CN(Cc1ccccc1N1CCCCC1)C(=O)Cc1coc2ccc3ccccc3c12. The number of carbonyl (C=O) groups excluding carboxylic acids is 1. The van der Waals surface area contributed by atoms with Crippen LogP contribution in [0.2, 0.25) is 0 Å². The minimum absolute atomic E-state index is 0.101. The molecular formula is C27H28N2O2. The highest BCUT2D eigenvalue weighted by molar-refractivity contribution is 6.08. The topological polar surface area (TPSA) is 36.7 Å². The number of likely N-dealkylation sites (N-methyl/N-ethyl adjacent to an activating group) is 1. The zero-order valence-corrected chi connectivity index (χ0v) is 18.0. The fourth-order valence-electron chi connectivity index (χ4n) is 4.73. The Morgan fingerprint density at radius 2 is 1.71 bits per heavy atom. The molecule has 0 radical (unpaired) electrons. The fraction of sp³-hybridized carbons (Fsp3) is 0.296. The van der Waals surface area contributed by atoms with E-state index in [1.807, 2.05) is 30.1 Å². The lowest BCUT2D eigenvalue weighted by Gasteiger charge is -2.31. The van der Waals surface area contributed by atoms with Gasteiger partial charge in [-0.2, -0.15) is 0 Å². The molecule has 0 bridgehead atoms. The number of rotatable bonds is 5. The van der Waals surface area contributed by atoms with Crippen molar-refractivity contribution in [3.8, 4) is 0 Å². The van der Waals surface area contributed by atoms with E-state index in [0.29, 0.717) is 13.0 Å². The number of piperidine rings is 1. The molecule has 0 aliphatic carbocycles. The Kier molecular flexibility index (Phi) is 5.37. The van der Waals surface area contributed by atoms with Crippen LogP contribution in [0.15, 0.2) is 71.3 Å². The first-order valence-electron chi connectivity index (χ1n) is 11.2. The second-order valence-corrected chi connectivity index (χ2v) is 8.52. The van der Waals surface area contributed by atoms with Gasteiger partial charge in [0.05, 0.1) is 12.7 Å². The summed E-state index contributed by atoms with van der Waals surface area (Å²) in [7, 11) is 1.90. The lowest BCUT2D eigenvalue weighted by molar-refractivity contribution is -0.129. The van der Waals surface area contributed by atoms with Gasteiger partial charge >= 0.3 is 0 Å². The molecule has 5 rings (SSSR count). The molecule has 0 spiro atoms. The summed E-state index contributed by atoms with van der Waals surface area (Å²) in [6, 6.07) is 20.8. The number of furan rings is 1. The largest absolute Gasteiger partial charge is 0.464 e. The molecule has 1 aromatic heterocycles. The molecule has 1 amide bonds. The minimum Gasteiger partial charge on any atom is -0.464 e. The van der Waals surface area contributed by atoms with Crippen molar-refractivity contribution in [1.29, 1.82) is 0 Å². The van der Waals surface area contributed by atoms with Gasteiger partial charge in [-0.25, -0.2) is 0 Å². The first-order valence-corrected chi connectivity index (χ1v) is 11.2. The smallest absolute Gasteiger partial charge is 0.227 e. The van der Waals surface area contributed by atoms with Crippen LogP contribution in [0.1, 0.15) is 30.4 Å². The fourth-order valence-corrected chi connectivity index (χ4v) is 4.73. The molecule has 0 unspecified atom stereocenters. The van der Waals surface area contributed by atoms with Crippen LogP contribution in [-0.4, -0.2) is 30.9 Å². The van der Waals surface area contributed by atoms with Crippen LogP contribution < -0.4 is 4.90 Å². The number of amides is 1. The van der Waals surface area contributed by atoms with Crippen molar-refractivity contribution in [1.82, 2.24) is 4.90 Å². The first-order chi connectivity index (χ1) is 15.2. The Balaban J connectivity index is 1.37. The van der Waals surface area contributed by atoms with Crippen LogP contribution in [0.3, 0.4) is 0 Å². The molecule has 3 aromatic carbocycles. The van der Waals surface area contributed by atoms with Crippen LogP contribution in [0.25, 0.3) is 21.7 Å². The summed E-state index contributed by atoms with van der Waals surface area (Å²) in [6.45, 7) is 2.81. The maximum absolute atomic E-state index is 13.2. The summed E-state index contributed by atoms with van der Waals surface area (Å²) >= 11 is 0. The van der Waals surface area contributed by atoms with Gasteiger partial charge in [0.1, 0.15) is 5.58 Å². The molecule has 31 heavy (non-hydrogen) atoms. The highest BCUT2D eigenvalue weighted by atomic mass is 16.3. The maximum atomic E-state index is 13.2. The number of anilines is 1. The van der Waals surface area contributed by atoms with Crippen molar-refractivity contribution < 1.29 is 9.21 Å². The van der Waals surface area contributed by atoms with Gasteiger partial charge in [-0.15, -0.1) is 0 Å². The van der Waals surface area contributed by atoms with E-state index in [0.717, 1.165) is 40.4 Å². The molecule has 1 aliphatic rings. The van der Waals surface area contributed by atoms with Crippen LogP contribution in [0, 0.1) is 0 Å². The number of hydrogen-bond donors (Lipinski definition) is 0. The number of para-hydroxylation sites is 1. The molecule has 0 saturated carbocycles. The molecule has 4 heteroatoms. The van der Waals surface area contributed by atoms with E-state index in [1.54, 1.807) is 6.26 Å². The summed E-state index contributed by atoms with van der Waals surface area (Å²) in [4.78, 5) is 17.5. The zero-order chi connectivity index (χ0) is 21.2. The van der Waals surface area contributed by atoms with Crippen LogP contribution >= 0.6 is 0 Å². The predicted molar refractivity (Wildman–Crippen MR) is 126 cm³/mol. The normalized spacial score (nSPS) is 14.3. The molecule has 1 aliphatic heterocycles. The second-order valence-electron chi connectivity index (χ2n) is 8.52. The molecule has 4 nitrogen and oxygen atoms in total. The summed E-state index contributed by atoms with van der Waals surface area (Å²) < 4.78 is 5.78. The van der Waals surface area contributed by atoms with E-state index in [1.165, 1.54) is 30.5 Å². The Morgan fingerprint density at radius 1 is 0.935 bits per heavy atom. The van der Waals surface area contributed by atoms with Gasteiger partial charge in [0.25, 0.3) is 0 Å². The average Bonchev–Trinajstić information content (AvgIpc) is 3.23. The van der Waals surface area contributed by atoms with Crippen LogP contribution in [0.4, 0.5) is 5.69 Å². The molecule has 1 fully saturated rings. The maximum Gasteiger partial charge on any atom is 0.227 e. The van der Waals surface area contributed by atoms with Gasteiger partial charge in [0, 0.05) is 43.3 Å². The van der Waals surface area contributed by atoms with E-state index < -0.39 is 0 Å². The van der Waals surface area contributed by atoms with E-state index >= 15 is 0 Å². The van der Waals surface area contributed by atoms with Gasteiger partial charge in [-0.3, -0.25) is 4.79 Å². The van der Waals surface area contributed by atoms with Crippen molar-refractivity contribution in [2.75, 3.05) is 25.0 Å². The number of carbonyl (C=O) groups is 1. The van der Waals surface area contributed by atoms with Gasteiger partial charge < -0.3 is 14.2 Å². The monoisotopic (exact) mass is 412 g/mol. The molecular weight excluding hydrogens is 384 g/mol. The molecule has 2 heterocycles. The quantitative estimate of drug-likeness (QED) is 0.417. The molecule has 0 atom stereocenters. The first kappa shape index (κ1) is 19.7. The summed E-state index contributed by atoms with van der Waals surface area (Å²) in [5.41, 5.74) is 4.26. The van der Waals surface area contributed by atoms with Crippen LogP contribution in [-0.2, 0) is 17.8 Å². The third-order valence-electron chi connectivity index (χ3n) is 6.40. The lowest BCUT2D eigenvalue weighted by Crippen LogP contribution is -2.32. The van der Waals surface area contributed by atoms with Gasteiger partial charge in [0.2, 0.25) is 5.91 Å². The van der Waals surface area contributed by atoms with Crippen molar-refractivity contribution in [3.63, 3.8) is 0 Å². The molecule has 158 valence electrons. The van der Waals surface area contributed by atoms with Gasteiger partial charge in [-0.05, 0) is 47.7 Å². The highest BCUT2D eigenvalue weighted by Gasteiger charge is 2.19. The Bertz CT molecular complexity index is 1220. The van der Waals surface area contributed by atoms with E-state index in [4.69, 9.17) is 4.42 Å². The standard InChI is InChI=1S/C27H28N2O2/c1-28(18-21-10-4-6-12-24(21)29-15-7-2-8-16-29)26(30)17-22-19-31-25-14-13-20-9-3-5-11-23(20)27(22)25/h3-6,9-14,19H,2,7-8,15-18H2,1H3. The summed E-state index contributed by atoms with van der Waals surface area (Å²) in [5.74, 6) is 0.101. The minimum atomic E-state index is 0.101. The van der Waals surface area contributed by atoms with Crippen molar-refractivity contribution in [3.05, 3.63) is 78.1 Å². The Morgan fingerprint density at radius 3 is 2.58 bits per heavy atom. The van der Waals surface area contributed by atoms with E-state index in [-0.39, 0.29) is 5.91 Å².